The van der Waals surface area contributed by atoms with E-state index in [-0.39, 0.29) is 40.0 Å². The maximum absolute atomic E-state index is 14.0. The fraction of sp³-hybridized carbons (Fsp3) is 0.226. The number of H-pyrrole nitrogens is 1. The molecule has 1 saturated heterocycles. The third-order valence-electron chi connectivity index (χ3n) is 7.60. The molecule has 2 N–H and O–H groups in total. The first-order valence-electron chi connectivity index (χ1n) is 14.2. The van der Waals surface area contributed by atoms with Crippen LogP contribution < -0.4 is 24.6 Å². The number of aromatic amines is 1. The first kappa shape index (κ1) is 32.8. The van der Waals surface area contributed by atoms with Crippen LogP contribution in [0.1, 0.15) is 28.8 Å². The lowest BCUT2D eigenvalue weighted by Crippen LogP contribution is -2.32. The number of alkyl halides is 3. The highest BCUT2D eigenvalue weighted by Gasteiger charge is 2.56. The summed E-state index contributed by atoms with van der Waals surface area (Å²) in [6, 6.07) is 13.9. The van der Waals surface area contributed by atoms with Crippen molar-refractivity contribution >= 4 is 57.9 Å². The van der Waals surface area contributed by atoms with Crippen molar-refractivity contribution in [3.05, 3.63) is 103 Å². The minimum absolute atomic E-state index is 0.0663. The molecule has 248 valence electrons. The fourth-order valence-electron chi connectivity index (χ4n) is 5.57. The molecule has 0 aliphatic carbocycles. The number of hydrogen-bond acceptors (Lipinski definition) is 10. The molecule has 2 aliphatic rings. The third-order valence-corrected chi connectivity index (χ3v) is 10.0. The van der Waals surface area contributed by atoms with Crippen molar-refractivity contribution in [3.8, 4) is 11.5 Å². The minimum atomic E-state index is -4.58. The first-order valence-corrected chi connectivity index (χ1v) is 15.9. The number of nitrogens with one attached hydrogen (secondary N) is 2. The number of benzene rings is 3. The average molecular weight is 701 g/mol. The molecule has 12 nitrogen and oxygen atoms in total. The van der Waals surface area contributed by atoms with Gasteiger partial charge in [0.05, 0.1) is 33.7 Å². The van der Waals surface area contributed by atoms with Gasteiger partial charge in [0.1, 0.15) is 5.25 Å². The lowest BCUT2D eigenvalue weighted by atomic mass is 9.83. The van der Waals surface area contributed by atoms with Gasteiger partial charge < -0.3 is 19.8 Å². The van der Waals surface area contributed by atoms with Crippen LogP contribution in [0.15, 0.2) is 76.6 Å². The second-order valence-corrected chi connectivity index (χ2v) is 12.8. The van der Waals surface area contributed by atoms with Gasteiger partial charge in [0.15, 0.2) is 18.1 Å². The second kappa shape index (κ2) is 12.8. The van der Waals surface area contributed by atoms with E-state index in [0.717, 1.165) is 40.1 Å². The topological polar surface area (TPSA) is 161 Å². The molecule has 1 fully saturated rings. The highest BCUT2D eigenvalue weighted by molar-refractivity contribution is 8.00. The largest absolute Gasteiger partial charge is 0.490 e. The summed E-state index contributed by atoms with van der Waals surface area (Å²) in [7, 11) is 0. The van der Waals surface area contributed by atoms with Crippen molar-refractivity contribution < 1.29 is 42.0 Å². The van der Waals surface area contributed by atoms with Crippen LogP contribution in [0.4, 0.5) is 30.2 Å². The molecule has 2 aliphatic heterocycles. The summed E-state index contributed by atoms with van der Waals surface area (Å²) < 4.78 is 50.6. The zero-order valence-corrected chi connectivity index (χ0v) is 26.2. The molecule has 3 aromatic carbocycles. The third kappa shape index (κ3) is 6.25. The summed E-state index contributed by atoms with van der Waals surface area (Å²) in [5.74, 6) is -3.22. The van der Waals surface area contributed by atoms with E-state index >= 15 is 0 Å². The highest BCUT2D eigenvalue weighted by atomic mass is 32.2. The number of ether oxygens (including phenoxy) is 2. The number of imide groups is 1. The number of carbonyl (C=O) groups excluding carboxylic acids is 3. The first-order chi connectivity index (χ1) is 22.8. The maximum Gasteiger partial charge on any atom is 0.416 e. The van der Waals surface area contributed by atoms with E-state index in [1.807, 2.05) is 0 Å². The fourth-order valence-corrected chi connectivity index (χ4v) is 8.09. The van der Waals surface area contributed by atoms with Crippen molar-refractivity contribution in [1.82, 2.24) is 4.98 Å². The van der Waals surface area contributed by atoms with Gasteiger partial charge in [-0.3, -0.25) is 29.3 Å². The number of aromatic nitrogens is 1. The van der Waals surface area contributed by atoms with Crippen LogP contribution in [0.3, 0.4) is 0 Å². The summed E-state index contributed by atoms with van der Waals surface area (Å²) >= 11 is 1.97. The number of amides is 3. The molecule has 0 bridgehead atoms. The van der Waals surface area contributed by atoms with Gasteiger partial charge in [-0.1, -0.05) is 35.2 Å². The summed E-state index contributed by atoms with van der Waals surface area (Å²) in [5, 5.41) is 13.0. The molecular formula is C31H23F3N4O8S2. The van der Waals surface area contributed by atoms with Crippen LogP contribution in [-0.4, -0.2) is 46.1 Å². The van der Waals surface area contributed by atoms with E-state index in [2.05, 4.69) is 10.3 Å². The number of halogens is 3. The van der Waals surface area contributed by atoms with Gasteiger partial charge in [0, 0.05) is 28.6 Å². The van der Waals surface area contributed by atoms with Gasteiger partial charge >= 0.3 is 11.0 Å². The monoisotopic (exact) mass is 700 g/mol. The molecule has 48 heavy (non-hydrogen) atoms. The Balaban J connectivity index is 1.28. The summed E-state index contributed by atoms with van der Waals surface area (Å²) in [6.07, 6.45) is -4.58. The number of nitro benzene ring substituents is 1. The van der Waals surface area contributed by atoms with Gasteiger partial charge in [0.2, 0.25) is 11.8 Å². The molecule has 0 spiro atoms. The predicted molar refractivity (Wildman–Crippen MR) is 169 cm³/mol. The number of fused-ring (bicyclic) bond motifs is 2. The van der Waals surface area contributed by atoms with Gasteiger partial charge in [-0.25, -0.2) is 4.90 Å². The van der Waals surface area contributed by atoms with E-state index in [9.17, 15) is 42.5 Å². The Morgan fingerprint density at radius 3 is 2.46 bits per heavy atom. The normalized spacial score (nSPS) is 18.7. The molecule has 0 radical (unpaired) electrons. The standard InChI is InChI=1S/C31H23F3N4O8S2/c1-2-45-21-12-15(6-11-20(21)46-14-22(39)35-17-5-3-4-16(13-17)31(32,33)34)23-24-26(47-27-25(23)48-30(42)36-27)29(41)37(28(24)40)18-7-9-19(10-8-18)38(43)44/h3-13,23-24,26H,2,14H2,1H3,(H,35,39)(H,36,42)/t23-,24?,26?/m1/s1. The molecule has 3 amide bonds. The van der Waals surface area contributed by atoms with E-state index < -0.39 is 58.1 Å². The van der Waals surface area contributed by atoms with Crippen molar-refractivity contribution in [2.45, 2.75) is 29.3 Å². The van der Waals surface area contributed by atoms with Gasteiger partial charge in [0.25, 0.3) is 11.6 Å². The summed E-state index contributed by atoms with van der Waals surface area (Å²) in [6.45, 7) is 1.32. The molecule has 3 atom stereocenters. The number of carbonyl (C=O) groups is 3. The average Bonchev–Trinajstić information content (AvgIpc) is 3.54. The van der Waals surface area contributed by atoms with E-state index in [1.165, 1.54) is 42.5 Å². The van der Waals surface area contributed by atoms with Crippen LogP contribution >= 0.6 is 23.1 Å². The lowest BCUT2D eigenvalue weighted by Gasteiger charge is -2.30. The molecule has 2 unspecified atom stereocenters. The van der Waals surface area contributed by atoms with Crippen LogP contribution in [0.2, 0.25) is 0 Å². The summed E-state index contributed by atoms with van der Waals surface area (Å²) in [5.41, 5.74) is -0.515. The van der Waals surface area contributed by atoms with Gasteiger partial charge in [-0.15, -0.1) is 0 Å². The quantitative estimate of drug-likeness (QED) is 0.129. The lowest BCUT2D eigenvalue weighted by molar-refractivity contribution is -0.384. The number of nitrogens with zero attached hydrogens (tertiary/aromatic N) is 2. The van der Waals surface area contributed by atoms with E-state index in [0.29, 0.717) is 15.5 Å². The van der Waals surface area contributed by atoms with Crippen molar-refractivity contribution in [1.29, 1.82) is 0 Å². The Hall–Kier alpha value is -5.16. The highest BCUT2D eigenvalue weighted by Crippen LogP contribution is 2.54. The Morgan fingerprint density at radius 1 is 1.02 bits per heavy atom. The van der Waals surface area contributed by atoms with Crippen LogP contribution in [0.25, 0.3) is 0 Å². The van der Waals surface area contributed by atoms with Crippen molar-refractivity contribution in [2.24, 2.45) is 5.92 Å². The molecule has 0 saturated carbocycles. The van der Waals surface area contributed by atoms with Crippen LogP contribution in [0, 0.1) is 16.0 Å². The van der Waals surface area contributed by atoms with E-state index in [4.69, 9.17) is 9.47 Å². The molecule has 1 aromatic heterocycles. The maximum atomic E-state index is 14.0. The SMILES string of the molecule is CCOc1cc([C@H]2c3sc(=O)[nH]c3SC3C(=O)N(c4ccc([N+](=O)[O-])cc4)C(=O)C32)ccc1OCC(=O)Nc1cccc(C(F)(F)F)c1. The van der Waals surface area contributed by atoms with E-state index in [1.54, 1.807) is 19.1 Å². The molecule has 3 heterocycles. The second-order valence-electron chi connectivity index (χ2n) is 10.6. The van der Waals surface area contributed by atoms with Crippen LogP contribution in [-0.2, 0) is 20.6 Å². The zero-order chi connectivity index (χ0) is 34.3. The number of rotatable bonds is 9. The predicted octanol–water partition coefficient (Wildman–Crippen LogP) is 5.58. The van der Waals surface area contributed by atoms with Gasteiger partial charge in [-0.05, 0) is 55.0 Å². The number of hydrogen-bond donors (Lipinski definition) is 2. The Kier molecular flexibility index (Phi) is 8.74. The molecular weight excluding hydrogens is 677 g/mol. The zero-order valence-electron chi connectivity index (χ0n) is 24.6. The van der Waals surface area contributed by atoms with Crippen LogP contribution in [0.5, 0.6) is 11.5 Å². The number of non-ortho nitro benzene ring substituents is 1. The minimum Gasteiger partial charge on any atom is -0.490 e. The molecule has 17 heteroatoms. The van der Waals surface area contributed by atoms with Gasteiger partial charge in [-0.2, -0.15) is 13.2 Å². The summed E-state index contributed by atoms with van der Waals surface area (Å²) in [4.78, 5) is 67.1. The van der Waals surface area contributed by atoms with Crippen molar-refractivity contribution in [3.63, 3.8) is 0 Å². The number of nitro groups is 1. The molecule has 4 aromatic rings. The number of thiazole rings is 1. The number of anilines is 2. The Morgan fingerprint density at radius 2 is 1.77 bits per heavy atom. The molecule has 6 rings (SSSR count). The van der Waals surface area contributed by atoms with Crippen molar-refractivity contribution in [2.75, 3.05) is 23.4 Å². The smallest absolute Gasteiger partial charge is 0.416 e. The Labute approximate surface area is 277 Å². The number of thioether (sulfide) groups is 1. The Bertz CT molecular complexity index is 2000.